The van der Waals surface area contributed by atoms with Crippen molar-refractivity contribution in [2.75, 3.05) is 0 Å². The van der Waals surface area contributed by atoms with Gasteiger partial charge in [-0.25, -0.2) is 0 Å². The lowest BCUT2D eigenvalue weighted by molar-refractivity contribution is -0.119. The quantitative estimate of drug-likeness (QED) is 0.839. The molecule has 1 aromatic heterocycles. The van der Waals surface area contributed by atoms with Crippen LogP contribution >= 0.6 is 0 Å². The summed E-state index contributed by atoms with van der Waals surface area (Å²) in [4.78, 5) is 11.5. The molecule has 1 aliphatic rings. The standard InChI is InChI=1S/C12H19N3O/c1-8(2)4-11-10(5-12(16)14-11)9-6-13-15(3)7-9/h6-8,10-11H,4-5H2,1-3H3,(H,14,16). The number of aryl methyl sites for hydroxylation is 1. The van der Waals surface area contributed by atoms with Gasteiger partial charge in [0.05, 0.1) is 6.20 Å². The number of rotatable bonds is 3. The zero-order chi connectivity index (χ0) is 11.7. The lowest BCUT2D eigenvalue weighted by atomic mass is 9.89. The summed E-state index contributed by atoms with van der Waals surface area (Å²) in [6.07, 6.45) is 5.52. The maximum absolute atomic E-state index is 11.5. The average Bonchev–Trinajstić information content (AvgIpc) is 2.72. The van der Waals surface area contributed by atoms with Gasteiger partial charge in [0.2, 0.25) is 5.91 Å². The topological polar surface area (TPSA) is 46.9 Å². The zero-order valence-electron chi connectivity index (χ0n) is 10.1. The maximum atomic E-state index is 11.5. The van der Waals surface area contributed by atoms with E-state index in [-0.39, 0.29) is 11.9 Å². The van der Waals surface area contributed by atoms with Crippen LogP contribution in [0.25, 0.3) is 0 Å². The van der Waals surface area contributed by atoms with Crippen LogP contribution in [0.2, 0.25) is 0 Å². The molecule has 1 amide bonds. The Morgan fingerprint density at radius 1 is 1.62 bits per heavy atom. The number of amides is 1. The smallest absolute Gasteiger partial charge is 0.220 e. The van der Waals surface area contributed by atoms with Crippen LogP contribution in [0, 0.1) is 5.92 Å². The SMILES string of the molecule is CC(C)CC1NC(=O)CC1c1cnn(C)c1. The molecule has 1 aromatic rings. The second-order valence-electron chi connectivity index (χ2n) is 5.06. The Hall–Kier alpha value is -1.32. The minimum Gasteiger partial charge on any atom is -0.353 e. The Bertz CT molecular complexity index is 383. The van der Waals surface area contributed by atoms with Crippen molar-refractivity contribution in [1.82, 2.24) is 15.1 Å². The highest BCUT2D eigenvalue weighted by Crippen LogP contribution is 2.31. The van der Waals surface area contributed by atoms with E-state index in [9.17, 15) is 4.79 Å². The number of aromatic nitrogens is 2. The van der Waals surface area contributed by atoms with Crippen LogP contribution in [0.5, 0.6) is 0 Å². The lowest BCUT2D eigenvalue weighted by Crippen LogP contribution is -2.29. The summed E-state index contributed by atoms with van der Waals surface area (Å²) >= 11 is 0. The second kappa shape index (κ2) is 4.28. The van der Waals surface area contributed by atoms with Crippen molar-refractivity contribution < 1.29 is 4.79 Å². The number of hydrogen-bond donors (Lipinski definition) is 1. The molecular weight excluding hydrogens is 202 g/mol. The molecule has 16 heavy (non-hydrogen) atoms. The van der Waals surface area contributed by atoms with E-state index in [1.54, 1.807) is 4.68 Å². The van der Waals surface area contributed by atoms with Gasteiger partial charge in [-0.3, -0.25) is 9.48 Å². The third-order valence-corrected chi connectivity index (χ3v) is 3.12. The first-order chi connectivity index (χ1) is 7.56. The van der Waals surface area contributed by atoms with E-state index < -0.39 is 0 Å². The predicted molar refractivity (Wildman–Crippen MR) is 62.0 cm³/mol. The number of nitrogens with one attached hydrogen (secondary N) is 1. The molecule has 0 saturated carbocycles. The van der Waals surface area contributed by atoms with E-state index in [1.165, 1.54) is 5.56 Å². The van der Waals surface area contributed by atoms with Gasteiger partial charge in [-0.05, 0) is 17.9 Å². The molecule has 1 aliphatic heterocycles. The number of carbonyl (C=O) groups is 1. The van der Waals surface area contributed by atoms with Crippen LogP contribution in [0.1, 0.15) is 38.2 Å². The third kappa shape index (κ3) is 2.26. The van der Waals surface area contributed by atoms with Gasteiger partial charge in [0.15, 0.2) is 0 Å². The van der Waals surface area contributed by atoms with Crippen molar-refractivity contribution in [2.24, 2.45) is 13.0 Å². The predicted octanol–water partition coefficient (Wildman–Crippen LogP) is 1.44. The fraction of sp³-hybridized carbons (Fsp3) is 0.667. The largest absolute Gasteiger partial charge is 0.353 e. The summed E-state index contributed by atoms with van der Waals surface area (Å²) in [5, 5.41) is 7.24. The molecule has 0 spiro atoms. The maximum Gasteiger partial charge on any atom is 0.220 e. The van der Waals surface area contributed by atoms with Crippen LogP contribution in [0.3, 0.4) is 0 Å². The van der Waals surface area contributed by atoms with Gasteiger partial charge in [0.25, 0.3) is 0 Å². The second-order valence-corrected chi connectivity index (χ2v) is 5.06. The van der Waals surface area contributed by atoms with Crippen molar-refractivity contribution >= 4 is 5.91 Å². The van der Waals surface area contributed by atoms with E-state index in [0.717, 1.165) is 6.42 Å². The molecule has 0 aromatic carbocycles. The monoisotopic (exact) mass is 221 g/mol. The molecular formula is C12H19N3O. The molecule has 1 N–H and O–H groups in total. The van der Waals surface area contributed by atoms with E-state index in [1.807, 2.05) is 19.4 Å². The lowest BCUT2D eigenvalue weighted by Gasteiger charge is -2.19. The normalized spacial score (nSPS) is 25.1. The molecule has 2 rings (SSSR count). The van der Waals surface area contributed by atoms with Crippen LogP contribution in [-0.2, 0) is 11.8 Å². The molecule has 0 bridgehead atoms. The molecule has 2 atom stereocenters. The molecule has 88 valence electrons. The third-order valence-electron chi connectivity index (χ3n) is 3.12. The summed E-state index contributed by atoms with van der Waals surface area (Å²) in [6.45, 7) is 4.37. The molecule has 4 heteroatoms. The van der Waals surface area contributed by atoms with Gasteiger partial charge in [-0.15, -0.1) is 0 Å². The van der Waals surface area contributed by atoms with E-state index in [4.69, 9.17) is 0 Å². The van der Waals surface area contributed by atoms with Crippen LogP contribution < -0.4 is 5.32 Å². The Morgan fingerprint density at radius 2 is 2.38 bits per heavy atom. The number of nitrogens with zero attached hydrogens (tertiary/aromatic N) is 2. The first kappa shape index (κ1) is 11.2. The van der Waals surface area contributed by atoms with Crippen molar-refractivity contribution in [3.8, 4) is 0 Å². The van der Waals surface area contributed by atoms with E-state index >= 15 is 0 Å². The summed E-state index contributed by atoms with van der Waals surface area (Å²) in [6, 6.07) is 0.275. The van der Waals surface area contributed by atoms with Gasteiger partial charge in [0.1, 0.15) is 0 Å². The Morgan fingerprint density at radius 3 is 2.94 bits per heavy atom. The van der Waals surface area contributed by atoms with Crippen LogP contribution in [-0.4, -0.2) is 21.7 Å². The van der Waals surface area contributed by atoms with Crippen molar-refractivity contribution in [1.29, 1.82) is 0 Å². The fourth-order valence-electron chi connectivity index (χ4n) is 2.42. The van der Waals surface area contributed by atoms with Crippen molar-refractivity contribution in [3.05, 3.63) is 18.0 Å². The number of carbonyl (C=O) groups excluding carboxylic acids is 1. The molecule has 2 unspecified atom stereocenters. The van der Waals surface area contributed by atoms with Gasteiger partial charge in [-0.1, -0.05) is 13.8 Å². The zero-order valence-corrected chi connectivity index (χ0v) is 10.1. The minimum atomic E-state index is 0.166. The van der Waals surface area contributed by atoms with Crippen molar-refractivity contribution in [3.63, 3.8) is 0 Å². The first-order valence-corrected chi connectivity index (χ1v) is 5.84. The fourth-order valence-corrected chi connectivity index (χ4v) is 2.42. The molecule has 2 heterocycles. The van der Waals surface area contributed by atoms with E-state index in [0.29, 0.717) is 18.3 Å². The van der Waals surface area contributed by atoms with Gasteiger partial charge in [-0.2, -0.15) is 5.10 Å². The average molecular weight is 221 g/mol. The highest BCUT2D eigenvalue weighted by atomic mass is 16.2. The van der Waals surface area contributed by atoms with Crippen molar-refractivity contribution in [2.45, 2.75) is 38.6 Å². The molecule has 0 radical (unpaired) electrons. The molecule has 1 saturated heterocycles. The summed E-state index contributed by atoms with van der Waals surface area (Å²) in [5.41, 5.74) is 1.17. The molecule has 1 fully saturated rings. The summed E-state index contributed by atoms with van der Waals surface area (Å²) in [7, 11) is 1.91. The Balaban J connectivity index is 2.15. The highest BCUT2D eigenvalue weighted by Gasteiger charge is 2.34. The van der Waals surface area contributed by atoms with E-state index in [2.05, 4.69) is 24.3 Å². The van der Waals surface area contributed by atoms with Gasteiger partial charge in [0, 0.05) is 31.6 Å². The van der Waals surface area contributed by atoms with Gasteiger partial charge >= 0.3 is 0 Å². The minimum absolute atomic E-state index is 0.166. The first-order valence-electron chi connectivity index (χ1n) is 5.84. The van der Waals surface area contributed by atoms with Crippen LogP contribution in [0.4, 0.5) is 0 Å². The highest BCUT2D eigenvalue weighted by molar-refractivity contribution is 5.80. The summed E-state index contributed by atoms with van der Waals surface area (Å²) < 4.78 is 1.80. The van der Waals surface area contributed by atoms with Crippen LogP contribution in [0.15, 0.2) is 12.4 Å². The molecule has 0 aliphatic carbocycles. The molecule has 4 nitrogen and oxygen atoms in total. The number of hydrogen-bond acceptors (Lipinski definition) is 2. The Kier molecular flexibility index (Phi) is 2.99. The Labute approximate surface area is 96.0 Å². The van der Waals surface area contributed by atoms with Gasteiger partial charge < -0.3 is 5.32 Å². The summed E-state index contributed by atoms with van der Waals surface area (Å²) in [5.74, 6) is 1.06.